The number of hydrazine groups is 2. The summed E-state index contributed by atoms with van der Waals surface area (Å²) in [7, 11) is 0. The molecule has 0 atom stereocenters. The number of rotatable bonds is 20. The normalized spacial score (nSPS) is 15.1. The molecule has 0 fully saturated rings. The molecule has 0 saturated carbocycles. The van der Waals surface area contributed by atoms with Crippen molar-refractivity contribution in [3.8, 4) is 0 Å². The van der Waals surface area contributed by atoms with Gasteiger partial charge in [-0.15, -0.1) is 0 Å². The first-order valence-electron chi connectivity index (χ1n) is 19.0. The monoisotopic (exact) mass is 744 g/mol. The molecule has 51 heavy (non-hydrogen) atoms. The van der Waals surface area contributed by atoms with Crippen LogP contribution in [0.1, 0.15) is 93.9 Å². The van der Waals surface area contributed by atoms with Crippen molar-refractivity contribution in [2.75, 3.05) is 36.2 Å². The Morgan fingerprint density at radius 1 is 0.588 bits per heavy atom. The molecule has 2 aromatic carbocycles. The van der Waals surface area contributed by atoms with Crippen LogP contribution >= 0.6 is 0 Å². The number of nitrogens with zero attached hydrogens (tertiary/aromatic N) is 2. The van der Waals surface area contributed by atoms with E-state index >= 15 is 17.6 Å². The third-order valence-corrected chi connectivity index (χ3v) is 19.5. The summed E-state index contributed by atoms with van der Waals surface area (Å²) in [4.78, 5) is 0. The molecule has 0 unspecified atom stereocenters. The summed E-state index contributed by atoms with van der Waals surface area (Å²) in [5, 5.41) is 3.56. The summed E-state index contributed by atoms with van der Waals surface area (Å²) in [6.07, 6.45) is 20.0. The Labute approximate surface area is 308 Å². The van der Waals surface area contributed by atoms with Gasteiger partial charge < -0.3 is 0 Å². The van der Waals surface area contributed by atoms with Gasteiger partial charge in [0.15, 0.2) is 0 Å². The summed E-state index contributed by atoms with van der Waals surface area (Å²) in [5.74, 6) is -3.02. The molecule has 280 valence electrons. The number of hydrogen-bond acceptors (Lipinski definition) is 4. The molecule has 0 amide bonds. The predicted octanol–water partition coefficient (Wildman–Crippen LogP) is 10.3. The molecule has 0 aliphatic heterocycles. The van der Waals surface area contributed by atoms with Gasteiger partial charge in [0.2, 0.25) is 0 Å². The number of unbranched alkanes of at least 4 members (excludes halogenated alkanes) is 2. The minimum absolute atomic E-state index is 0.0685. The Kier molecular flexibility index (Phi) is 14.4. The molecule has 0 saturated heterocycles. The van der Waals surface area contributed by atoms with Gasteiger partial charge in [0.05, 0.1) is 0 Å². The third-order valence-electron chi connectivity index (χ3n) is 11.0. The Balaban J connectivity index is 2.04. The number of hydrogen-bond donors (Lipinski definition) is 2. The van der Waals surface area contributed by atoms with Crippen LogP contribution in [-0.2, 0) is 16.6 Å². The van der Waals surface area contributed by atoms with Crippen LogP contribution < -0.4 is 28.6 Å². The summed E-state index contributed by atoms with van der Waals surface area (Å²) < 4.78 is 67.7. The Bertz CT molecular complexity index is 1460. The van der Waals surface area contributed by atoms with Crippen LogP contribution in [0, 0.1) is 34.1 Å². The molecular formula is C42H60F4N4Ti. The number of anilines is 2. The van der Waals surface area contributed by atoms with Gasteiger partial charge in [-0.1, -0.05) is 0 Å². The van der Waals surface area contributed by atoms with Gasteiger partial charge in [-0.3, -0.25) is 0 Å². The molecule has 4 rings (SSSR count). The molecule has 9 heteroatoms. The van der Waals surface area contributed by atoms with E-state index in [2.05, 4.69) is 66.2 Å². The topological polar surface area (TPSA) is 30.5 Å². The van der Waals surface area contributed by atoms with Crippen LogP contribution in [0.15, 0.2) is 72.9 Å². The first-order valence-corrected chi connectivity index (χ1v) is 22.3. The van der Waals surface area contributed by atoms with Crippen molar-refractivity contribution >= 4 is 19.1 Å². The fourth-order valence-electron chi connectivity index (χ4n) is 6.81. The molecule has 2 aliphatic carbocycles. The Morgan fingerprint density at radius 2 is 0.941 bits per heavy atom. The maximum atomic E-state index is 17.7. The number of allylic oxidation sites excluding steroid dienone is 8. The molecule has 4 nitrogen and oxygen atoms in total. The van der Waals surface area contributed by atoms with Gasteiger partial charge in [0, 0.05) is 0 Å². The molecule has 2 aliphatic rings. The van der Waals surface area contributed by atoms with Crippen LogP contribution in [-0.4, -0.2) is 26.2 Å². The van der Waals surface area contributed by atoms with Gasteiger partial charge in [-0.2, -0.15) is 0 Å². The summed E-state index contributed by atoms with van der Waals surface area (Å²) >= 11 is -4.98. The summed E-state index contributed by atoms with van der Waals surface area (Å²) in [6, 6.07) is 5.54. The number of halogens is 4. The van der Waals surface area contributed by atoms with E-state index in [9.17, 15) is 0 Å². The number of benzene rings is 2. The van der Waals surface area contributed by atoms with E-state index in [1.165, 1.54) is 24.3 Å². The zero-order valence-electron chi connectivity index (χ0n) is 32.1. The SMILES string of the molecule is CCCCN(NCC(C)(C)CC)c1ccc(F)[c]([Ti]([c]2c(F)ccc(N(CCCC)NCC(C)(C)CC)c2F)([CH]2C=CC=C2)[CH]2C=CC=C2)c1F. The van der Waals surface area contributed by atoms with Crippen LogP contribution in [0.25, 0.3) is 0 Å². The number of nitrogens with one attached hydrogen (secondary N) is 2. The first kappa shape index (κ1) is 41.1. The molecule has 0 aromatic heterocycles. The van der Waals surface area contributed by atoms with Crippen molar-refractivity contribution in [2.24, 2.45) is 10.8 Å². The van der Waals surface area contributed by atoms with Gasteiger partial charge in [-0.05, 0) is 0 Å². The molecule has 0 spiro atoms. The standard InChI is InChI=1S/2C16H25F2N2.2C5H5.Ti/c2*1-5-7-10-20(19-12-16(3,4)6-2)15-9-8-13(17)11-14(15)18;2*1-2-4-5-3-1;/h2*8-9,19H,5-7,10,12H2,1-4H3;2*1-5H;. The van der Waals surface area contributed by atoms with Gasteiger partial charge in [-0.25, -0.2) is 0 Å². The zero-order valence-corrected chi connectivity index (χ0v) is 33.6. The van der Waals surface area contributed by atoms with Crippen molar-refractivity contribution in [2.45, 2.75) is 102 Å². The van der Waals surface area contributed by atoms with E-state index < -0.39 is 48.3 Å². The quantitative estimate of drug-likeness (QED) is 0.0803. The van der Waals surface area contributed by atoms with Crippen molar-refractivity contribution in [1.29, 1.82) is 0 Å². The predicted molar refractivity (Wildman–Crippen MR) is 205 cm³/mol. The second-order valence-corrected chi connectivity index (χ2v) is 22.0. The Morgan fingerprint density at radius 3 is 1.25 bits per heavy atom. The van der Waals surface area contributed by atoms with E-state index in [1.54, 1.807) is 10.0 Å². The van der Waals surface area contributed by atoms with E-state index in [4.69, 9.17) is 0 Å². The second kappa shape index (κ2) is 17.9. The van der Waals surface area contributed by atoms with Crippen molar-refractivity contribution in [1.82, 2.24) is 10.9 Å². The summed E-state index contributed by atoms with van der Waals surface area (Å²) in [5.41, 5.74) is 7.16. The molecular weight excluding hydrogens is 684 g/mol. The average Bonchev–Trinajstić information content (AvgIpc) is 3.85. The molecule has 0 bridgehead atoms. The van der Waals surface area contributed by atoms with Crippen LogP contribution in [0.2, 0.25) is 8.45 Å². The van der Waals surface area contributed by atoms with Crippen LogP contribution in [0.4, 0.5) is 28.9 Å². The fourth-order valence-corrected chi connectivity index (χ4v) is 15.6. The van der Waals surface area contributed by atoms with Gasteiger partial charge in [0.1, 0.15) is 0 Å². The maximum absolute atomic E-state index is 17.7. The van der Waals surface area contributed by atoms with E-state index in [-0.39, 0.29) is 29.9 Å². The van der Waals surface area contributed by atoms with Crippen molar-refractivity contribution in [3.63, 3.8) is 0 Å². The van der Waals surface area contributed by atoms with Crippen LogP contribution in [0.3, 0.4) is 0 Å². The van der Waals surface area contributed by atoms with Gasteiger partial charge in [0.25, 0.3) is 0 Å². The van der Waals surface area contributed by atoms with E-state index in [0.29, 0.717) is 26.2 Å². The molecule has 2 aromatic rings. The molecule has 2 N–H and O–H groups in total. The van der Waals surface area contributed by atoms with Crippen molar-refractivity contribution < 1.29 is 34.2 Å². The zero-order chi connectivity index (χ0) is 37.4. The minimum atomic E-state index is -4.98. The Hall–Kier alpha value is -2.65. The average molecular weight is 745 g/mol. The molecule has 0 heterocycles. The van der Waals surface area contributed by atoms with E-state index in [0.717, 1.165) is 38.5 Å². The van der Waals surface area contributed by atoms with Gasteiger partial charge >= 0.3 is 310 Å². The van der Waals surface area contributed by atoms with Crippen LogP contribution in [0.5, 0.6) is 0 Å². The second-order valence-electron chi connectivity index (χ2n) is 15.7. The third kappa shape index (κ3) is 9.12. The van der Waals surface area contributed by atoms with E-state index in [1.807, 2.05) is 48.6 Å². The molecule has 0 radical (unpaired) electrons. The van der Waals surface area contributed by atoms with Crippen molar-refractivity contribution in [3.05, 3.63) is 96.1 Å². The fraction of sp³-hybridized carbons (Fsp3) is 0.524. The first-order chi connectivity index (χ1) is 24.3. The summed E-state index contributed by atoms with van der Waals surface area (Å²) in [6.45, 7) is 19.1.